The van der Waals surface area contributed by atoms with Crippen molar-refractivity contribution in [1.82, 2.24) is 5.32 Å². The SMILES string of the molecule is COCC(=O)Nc1ccc(N2CCC(Cc3ccccc3)CC2)c(C(=O)NCC(C)C)c1. The fourth-order valence-corrected chi connectivity index (χ4v) is 4.12. The number of nitrogens with zero attached hydrogens (tertiary/aromatic N) is 1. The number of hydrogen-bond donors (Lipinski definition) is 2. The maximum atomic E-state index is 13.0. The molecule has 1 fully saturated rings. The third-order valence-corrected chi connectivity index (χ3v) is 5.79. The van der Waals surface area contributed by atoms with Gasteiger partial charge in [0.05, 0.1) is 5.56 Å². The Morgan fingerprint density at radius 3 is 2.47 bits per heavy atom. The van der Waals surface area contributed by atoms with Crippen LogP contribution in [-0.4, -0.2) is 45.2 Å². The number of amides is 2. The van der Waals surface area contributed by atoms with E-state index in [0.717, 1.165) is 38.0 Å². The van der Waals surface area contributed by atoms with Gasteiger partial charge in [-0.05, 0) is 54.9 Å². The molecular formula is C26H35N3O3. The average molecular weight is 438 g/mol. The number of rotatable bonds is 9. The van der Waals surface area contributed by atoms with Crippen molar-refractivity contribution in [2.75, 3.05) is 43.6 Å². The number of carbonyl (C=O) groups excluding carboxylic acids is 2. The molecule has 0 bridgehead atoms. The van der Waals surface area contributed by atoms with E-state index >= 15 is 0 Å². The second-order valence-electron chi connectivity index (χ2n) is 8.94. The Bertz CT molecular complexity index is 890. The number of methoxy groups -OCH3 is 1. The van der Waals surface area contributed by atoms with Crippen LogP contribution in [0.3, 0.4) is 0 Å². The number of nitrogens with one attached hydrogen (secondary N) is 2. The van der Waals surface area contributed by atoms with Gasteiger partial charge in [-0.1, -0.05) is 44.2 Å². The van der Waals surface area contributed by atoms with E-state index in [-0.39, 0.29) is 18.4 Å². The first kappa shape index (κ1) is 23.8. The van der Waals surface area contributed by atoms with Gasteiger partial charge in [0, 0.05) is 38.1 Å². The first-order valence-corrected chi connectivity index (χ1v) is 11.5. The predicted molar refractivity (Wildman–Crippen MR) is 129 cm³/mol. The minimum atomic E-state index is -0.240. The van der Waals surface area contributed by atoms with Gasteiger partial charge in [-0.3, -0.25) is 9.59 Å². The molecule has 1 heterocycles. The number of hydrogen-bond acceptors (Lipinski definition) is 4. The summed E-state index contributed by atoms with van der Waals surface area (Å²) >= 11 is 0. The van der Waals surface area contributed by atoms with E-state index in [2.05, 4.69) is 59.7 Å². The summed E-state index contributed by atoms with van der Waals surface area (Å²) in [6, 6.07) is 16.2. The number of anilines is 2. The molecule has 0 spiro atoms. The zero-order valence-corrected chi connectivity index (χ0v) is 19.4. The Kier molecular flexibility index (Phi) is 8.68. The van der Waals surface area contributed by atoms with E-state index in [9.17, 15) is 9.59 Å². The highest BCUT2D eigenvalue weighted by atomic mass is 16.5. The predicted octanol–water partition coefficient (Wildman–Crippen LogP) is 4.12. The molecule has 0 saturated carbocycles. The first-order valence-electron chi connectivity index (χ1n) is 11.5. The van der Waals surface area contributed by atoms with Gasteiger partial charge in [0.2, 0.25) is 5.91 Å². The topological polar surface area (TPSA) is 70.7 Å². The van der Waals surface area contributed by atoms with Gasteiger partial charge in [-0.25, -0.2) is 0 Å². The van der Waals surface area contributed by atoms with Crippen molar-refractivity contribution in [3.63, 3.8) is 0 Å². The Balaban J connectivity index is 1.72. The third kappa shape index (κ3) is 6.82. The summed E-state index contributed by atoms with van der Waals surface area (Å²) in [7, 11) is 1.48. The quantitative estimate of drug-likeness (QED) is 0.619. The summed E-state index contributed by atoms with van der Waals surface area (Å²) in [5, 5.41) is 5.83. The number of carbonyl (C=O) groups is 2. The maximum absolute atomic E-state index is 13.0. The molecule has 0 aromatic heterocycles. The minimum Gasteiger partial charge on any atom is -0.375 e. The molecular weight excluding hydrogens is 402 g/mol. The molecule has 3 rings (SSSR count). The van der Waals surface area contributed by atoms with Crippen LogP contribution in [0.15, 0.2) is 48.5 Å². The minimum absolute atomic E-state index is 0.0223. The highest BCUT2D eigenvalue weighted by Gasteiger charge is 2.24. The molecule has 0 radical (unpaired) electrons. The molecule has 6 nitrogen and oxygen atoms in total. The van der Waals surface area contributed by atoms with E-state index in [1.807, 2.05) is 12.1 Å². The van der Waals surface area contributed by atoms with E-state index in [1.165, 1.54) is 12.7 Å². The Hall–Kier alpha value is -2.86. The number of ether oxygens (including phenoxy) is 1. The molecule has 6 heteroatoms. The van der Waals surface area contributed by atoms with Gasteiger partial charge in [-0.15, -0.1) is 0 Å². The highest BCUT2D eigenvalue weighted by Crippen LogP contribution is 2.30. The summed E-state index contributed by atoms with van der Waals surface area (Å²) in [6.07, 6.45) is 3.28. The molecule has 1 aliphatic heterocycles. The van der Waals surface area contributed by atoms with E-state index in [4.69, 9.17) is 4.74 Å². The fourth-order valence-electron chi connectivity index (χ4n) is 4.12. The molecule has 1 aliphatic rings. The maximum Gasteiger partial charge on any atom is 0.253 e. The van der Waals surface area contributed by atoms with Crippen LogP contribution in [0.4, 0.5) is 11.4 Å². The van der Waals surface area contributed by atoms with Crippen molar-refractivity contribution in [3.8, 4) is 0 Å². The normalized spacial score (nSPS) is 14.4. The summed E-state index contributed by atoms with van der Waals surface area (Å²) < 4.78 is 4.89. The molecule has 0 aliphatic carbocycles. The van der Waals surface area contributed by atoms with Crippen LogP contribution in [0.5, 0.6) is 0 Å². The molecule has 0 unspecified atom stereocenters. The summed E-state index contributed by atoms with van der Waals surface area (Å²) in [4.78, 5) is 27.2. The zero-order chi connectivity index (χ0) is 22.9. The van der Waals surface area contributed by atoms with Crippen LogP contribution in [0, 0.1) is 11.8 Å². The molecule has 32 heavy (non-hydrogen) atoms. The van der Waals surface area contributed by atoms with Crippen LogP contribution < -0.4 is 15.5 Å². The molecule has 172 valence electrons. The van der Waals surface area contributed by atoms with Crippen LogP contribution in [-0.2, 0) is 16.0 Å². The Morgan fingerprint density at radius 2 is 1.81 bits per heavy atom. The standard InChI is InChI=1S/C26H35N3O3/c1-19(2)17-27-26(31)23-16-22(28-25(30)18-32-3)9-10-24(23)29-13-11-21(12-14-29)15-20-7-5-4-6-8-20/h4-10,16,19,21H,11-15,17-18H2,1-3H3,(H,27,31)(H,28,30). The molecule has 2 aromatic rings. The van der Waals surface area contributed by atoms with Crippen LogP contribution in [0.25, 0.3) is 0 Å². The average Bonchev–Trinajstić information content (AvgIpc) is 2.79. The first-order chi connectivity index (χ1) is 15.5. The van der Waals surface area contributed by atoms with Crippen molar-refractivity contribution >= 4 is 23.2 Å². The lowest BCUT2D eigenvalue weighted by atomic mass is 9.89. The highest BCUT2D eigenvalue weighted by molar-refractivity contribution is 6.02. The zero-order valence-electron chi connectivity index (χ0n) is 19.4. The van der Waals surface area contributed by atoms with Crippen molar-refractivity contribution < 1.29 is 14.3 Å². The van der Waals surface area contributed by atoms with Crippen LogP contribution >= 0.6 is 0 Å². The van der Waals surface area contributed by atoms with Gasteiger partial charge < -0.3 is 20.3 Å². The van der Waals surface area contributed by atoms with E-state index in [0.29, 0.717) is 29.6 Å². The smallest absolute Gasteiger partial charge is 0.253 e. The summed E-state index contributed by atoms with van der Waals surface area (Å²) in [5.41, 5.74) is 3.51. The van der Waals surface area contributed by atoms with Crippen LogP contribution in [0.1, 0.15) is 42.6 Å². The number of benzene rings is 2. The lowest BCUT2D eigenvalue weighted by molar-refractivity contribution is -0.119. The van der Waals surface area contributed by atoms with Gasteiger partial charge in [0.25, 0.3) is 5.91 Å². The molecule has 1 saturated heterocycles. The molecule has 2 aromatic carbocycles. The number of piperidine rings is 1. The van der Waals surface area contributed by atoms with E-state index < -0.39 is 0 Å². The second-order valence-corrected chi connectivity index (χ2v) is 8.94. The van der Waals surface area contributed by atoms with Crippen molar-refractivity contribution in [3.05, 3.63) is 59.7 Å². The van der Waals surface area contributed by atoms with Gasteiger partial charge in [0.15, 0.2) is 0 Å². The van der Waals surface area contributed by atoms with Gasteiger partial charge in [0.1, 0.15) is 6.61 Å². The Labute approximate surface area is 191 Å². The van der Waals surface area contributed by atoms with Gasteiger partial charge >= 0.3 is 0 Å². The van der Waals surface area contributed by atoms with Crippen molar-refractivity contribution in [2.24, 2.45) is 11.8 Å². The molecule has 2 N–H and O–H groups in total. The fraction of sp³-hybridized carbons (Fsp3) is 0.462. The van der Waals surface area contributed by atoms with Crippen molar-refractivity contribution in [1.29, 1.82) is 0 Å². The van der Waals surface area contributed by atoms with Crippen molar-refractivity contribution in [2.45, 2.75) is 33.1 Å². The molecule has 0 atom stereocenters. The lowest BCUT2D eigenvalue weighted by Gasteiger charge is -2.35. The van der Waals surface area contributed by atoms with Gasteiger partial charge in [-0.2, -0.15) is 0 Å². The van der Waals surface area contributed by atoms with E-state index in [1.54, 1.807) is 6.07 Å². The summed E-state index contributed by atoms with van der Waals surface area (Å²) in [6.45, 7) is 6.55. The lowest BCUT2D eigenvalue weighted by Crippen LogP contribution is -2.36. The third-order valence-electron chi connectivity index (χ3n) is 5.79. The molecule has 2 amide bonds. The second kappa shape index (κ2) is 11.7. The largest absolute Gasteiger partial charge is 0.375 e. The summed E-state index contributed by atoms with van der Waals surface area (Å²) in [5.74, 6) is 0.665. The monoisotopic (exact) mass is 437 g/mol. The van der Waals surface area contributed by atoms with Crippen LogP contribution in [0.2, 0.25) is 0 Å². The Morgan fingerprint density at radius 1 is 1.09 bits per heavy atom.